The number of anilines is 2. The van der Waals surface area contributed by atoms with Crippen LogP contribution in [0.3, 0.4) is 0 Å². The third-order valence-corrected chi connectivity index (χ3v) is 7.27. The van der Waals surface area contributed by atoms with Crippen molar-refractivity contribution in [2.75, 3.05) is 28.4 Å². The van der Waals surface area contributed by atoms with Crippen molar-refractivity contribution in [3.8, 4) is 5.75 Å². The number of sulfone groups is 1. The smallest absolute Gasteiger partial charge is 0.272 e. The summed E-state index contributed by atoms with van der Waals surface area (Å²) >= 11 is 7.46. The van der Waals surface area contributed by atoms with E-state index in [0.717, 1.165) is 5.39 Å². The van der Waals surface area contributed by atoms with Crippen LogP contribution >= 0.6 is 23.4 Å². The second kappa shape index (κ2) is 9.85. The minimum atomic E-state index is -3.68. The summed E-state index contributed by atoms with van der Waals surface area (Å²) in [6.45, 7) is 1.48. The standard InChI is InChI=1S/C21H22ClN3O5S2/c1-3-32(29,30)14-10-16(24-19(26)6-7-31-2)20(27)17(11-14)25-21(28)18-9-12-8-13(22)4-5-15(12)23-18/h4-5,8-11,23,27H,3,6-7H2,1-2H3,(H,24,26)(H,25,28). The highest BCUT2D eigenvalue weighted by Crippen LogP contribution is 2.36. The van der Waals surface area contributed by atoms with Crippen molar-refractivity contribution in [3.05, 3.63) is 47.1 Å². The van der Waals surface area contributed by atoms with Gasteiger partial charge in [0.05, 0.1) is 22.0 Å². The van der Waals surface area contributed by atoms with Crippen LogP contribution in [0.25, 0.3) is 10.9 Å². The number of aromatic nitrogens is 1. The molecule has 0 aliphatic rings. The van der Waals surface area contributed by atoms with Gasteiger partial charge < -0.3 is 20.7 Å². The molecule has 11 heteroatoms. The van der Waals surface area contributed by atoms with Gasteiger partial charge in [-0.25, -0.2) is 8.42 Å². The Morgan fingerprint density at radius 3 is 2.47 bits per heavy atom. The Kier molecular flexibility index (Phi) is 7.37. The number of thioether (sulfide) groups is 1. The van der Waals surface area contributed by atoms with E-state index in [1.807, 2.05) is 6.26 Å². The van der Waals surface area contributed by atoms with E-state index in [4.69, 9.17) is 11.6 Å². The van der Waals surface area contributed by atoms with Gasteiger partial charge in [0.1, 0.15) is 5.69 Å². The predicted molar refractivity (Wildman–Crippen MR) is 129 cm³/mol. The minimum Gasteiger partial charge on any atom is -0.504 e. The number of H-pyrrole nitrogens is 1. The molecule has 32 heavy (non-hydrogen) atoms. The van der Waals surface area contributed by atoms with Gasteiger partial charge in [-0.15, -0.1) is 0 Å². The Labute approximate surface area is 194 Å². The topological polar surface area (TPSA) is 128 Å². The maximum absolute atomic E-state index is 12.8. The minimum absolute atomic E-state index is 0.0932. The number of hydrogen-bond donors (Lipinski definition) is 4. The van der Waals surface area contributed by atoms with E-state index in [9.17, 15) is 23.1 Å². The number of phenolic OH excluding ortho intramolecular Hbond substituents is 1. The molecule has 2 amide bonds. The summed E-state index contributed by atoms with van der Waals surface area (Å²) in [5, 5.41) is 16.9. The molecule has 0 saturated carbocycles. The number of nitrogens with one attached hydrogen (secondary N) is 3. The van der Waals surface area contributed by atoms with Crippen LogP contribution in [0.1, 0.15) is 23.8 Å². The molecule has 3 rings (SSSR count). The van der Waals surface area contributed by atoms with Gasteiger partial charge >= 0.3 is 0 Å². The fourth-order valence-corrected chi connectivity index (χ4v) is 4.47. The van der Waals surface area contributed by atoms with Gasteiger partial charge in [0.25, 0.3) is 5.91 Å². The van der Waals surface area contributed by atoms with Crippen LogP contribution in [0, 0.1) is 0 Å². The van der Waals surface area contributed by atoms with Gasteiger partial charge in [0.15, 0.2) is 15.6 Å². The zero-order chi connectivity index (χ0) is 23.5. The van der Waals surface area contributed by atoms with Gasteiger partial charge in [-0.3, -0.25) is 9.59 Å². The van der Waals surface area contributed by atoms with E-state index in [0.29, 0.717) is 16.3 Å². The van der Waals surface area contributed by atoms with Gasteiger partial charge in [0, 0.05) is 28.1 Å². The monoisotopic (exact) mass is 495 g/mol. The first kappa shape index (κ1) is 24.0. The lowest BCUT2D eigenvalue weighted by atomic mass is 10.2. The molecule has 0 radical (unpaired) electrons. The molecule has 0 saturated heterocycles. The molecule has 8 nitrogen and oxygen atoms in total. The van der Waals surface area contributed by atoms with Crippen LogP contribution in [0.15, 0.2) is 41.3 Å². The Morgan fingerprint density at radius 1 is 1.12 bits per heavy atom. The molecule has 0 unspecified atom stereocenters. The van der Waals surface area contributed by atoms with Gasteiger partial charge in [-0.1, -0.05) is 18.5 Å². The molecular formula is C21H22ClN3O5S2. The quantitative estimate of drug-likeness (QED) is 0.345. The Hall–Kier alpha value is -2.69. The highest BCUT2D eigenvalue weighted by Gasteiger charge is 2.21. The van der Waals surface area contributed by atoms with E-state index in [1.165, 1.54) is 30.8 Å². The van der Waals surface area contributed by atoms with Crippen LogP contribution in [0.5, 0.6) is 5.75 Å². The average Bonchev–Trinajstić information content (AvgIpc) is 3.18. The Balaban J connectivity index is 1.97. The first-order valence-corrected chi connectivity index (χ1v) is 13.0. The summed E-state index contributed by atoms with van der Waals surface area (Å²) in [7, 11) is -3.68. The zero-order valence-corrected chi connectivity index (χ0v) is 19.7. The highest BCUT2D eigenvalue weighted by atomic mass is 35.5. The number of amides is 2. The van der Waals surface area contributed by atoms with Crippen LogP contribution in [-0.2, 0) is 14.6 Å². The predicted octanol–water partition coefficient (Wildman–Crippen LogP) is 4.26. The van der Waals surface area contributed by atoms with Crippen molar-refractivity contribution < 1.29 is 23.1 Å². The van der Waals surface area contributed by atoms with Gasteiger partial charge in [-0.05, 0) is 42.7 Å². The number of aromatic hydroxyl groups is 1. The highest BCUT2D eigenvalue weighted by molar-refractivity contribution is 7.98. The van der Waals surface area contributed by atoms with E-state index in [1.54, 1.807) is 24.3 Å². The Morgan fingerprint density at radius 2 is 1.81 bits per heavy atom. The molecule has 0 bridgehead atoms. The lowest BCUT2D eigenvalue weighted by Gasteiger charge is -2.14. The van der Waals surface area contributed by atoms with Crippen LogP contribution in [0.4, 0.5) is 11.4 Å². The molecule has 0 aliphatic heterocycles. The first-order valence-electron chi connectivity index (χ1n) is 9.62. The molecule has 3 aromatic rings. The molecule has 4 N–H and O–H groups in total. The summed E-state index contributed by atoms with van der Waals surface area (Å²) in [5.41, 5.74) is 0.648. The van der Waals surface area contributed by atoms with Crippen molar-refractivity contribution in [1.29, 1.82) is 0 Å². The maximum atomic E-state index is 12.8. The second-order valence-corrected chi connectivity index (χ2v) is 10.6. The lowest BCUT2D eigenvalue weighted by molar-refractivity contribution is -0.115. The largest absolute Gasteiger partial charge is 0.504 e. The number of hydrogen-bond acceptors (Lipinski definition) is 6. The fraction of sp³-hybridized carbons (Fsp3) is 0.238. The van der Waals surface area contributed by atoms with E-state index < -0.39 is 21.5 Å². The van der Waals surface area contributed by atoms with Crippen molar-refractivity contribution in [2.45, 2.75) is 18.2 Å². The summed E-state index contributed by atoms with van der Waals surface area (Å²) in [4.78, 5) is 27.8. The average molecular weight is 496 g/mol. The molecule has 0 atom stereocenters. The summed E-state index contributed by atoms with van der Waals surface area (Å²) < 4.78 is 24.9. The van der Waals surface area contributed by atoms with Crippen LogP contribution < -0.4 is 10.6 Å². The maximum Gasteiger partial charge on any atom is 0.272 e. The number of fused-ring (bicyclic) bond motifs is 1. The van der Waals surface area contributed by atoms with Crippen molar-refractivity contribution >= 4 is 67.3 Å². The molecule has 2 aromatic carbocycles. The molecule has 1 heterocycles. The Bertz CT molecular complexity index is 1290. The number of benzene rings is 2. The van der Waals surface area contributed by atoms with Crippen molar-refractivity contribution in [2.24, 2.45) is 0 Å². The first-order chi connectivity index (χ1) is 15.1. The normalized spacial score (nSPS) is 11.5. The molecule has 0 spiro atoms. The fourth-order valence-electron chi connectivity index (χ4n) is 2.97. The number of halogens is 1. The third-order valence-electron chi connectivity index (χ3n) is 4.71. The number of carbonyl (C=O) groups excluding carboxylic acids is 2. The molecule has 170 valence electrons. The number of aromatic amines is 1. The van der Waals surface area contributed by atoms with E-state index >= 15 is 0 Å². The second-order valence-electron chi connectivity index (χ2n) is 6.93. The molecule has 1 aromatic heterocycles. The van der Waals surface area contributed by atoms with Gasteiger partial charge in [0.2, 0.25) is 5.91 Å². The van der Waals surface area contributed by atoms with E-state index in [-0.39, 0.29) is 40.0 Å². The summed E-state index contributed by atoms with van der Waals surface area (Å²) in [5.74, 6) is -1.05. The van der Waals surface area contributed by atoms with Gasteiger partial charge in [-0.2, -0.15) is 11.8 Å². The lowest BCUT2D eigenvalue weighted by Crippen LogP contribution is -2.16. The van der Waals surface area contributed by atoms with Crippen LogP contribution in [0.2, 0.25) is 5.02 Å². The molecular weight excluding hydrogens is 474 g/mol. The van der Waals surface area contributed by atoms with Crippen LogP contribution in [-0.4, -0.2) is 48.1 Å². The van der Waals surface area contributed by atoms with E-state index in [2.05, 4.69) is 15.6 Å². The van der Waals surface area contributed by atoms with Crippen molar-refractivity contribution in [3.63, 3.8) is 0 Å². The SMILES string of the molecule is CCS(=O)(=O)c1cc(NC(=O)CCSC)c(O)c(NC(=O)c2cc3cc(Cl)ccc3[nH]2)c1. The number of phenols is 1. The zero-order valence-electron chi connectivity index (χ0n) is 17.4. The number of carbonyl (C=O) groups is 2. The molecule has 0 aliphatic carbocycles. The number of rotatable bonds is 8. The summed E-state index contributed by atoms with van der Waals surface area (Å²) in [6.07, 6.45) is 2.04. The third kappa shape index (κ3) is 5.37. The summed E-state index contributed by atoms with van der Waals surface area (Å²) in [6, 6.07) is 9.04. The van der Waals surface area contributed by atoms with Crippen molar-refractivity contribution in [1.82, 2.24) is 4.98 Å². The molecule has 0 fully saturated rings.